The van der Waals surface area contributed by atoms with Crippen LogP contribution in [0, 0.1) is 5.41 Å². The fourth-order valence-electron chi connectivity index (χ4n) is 2.35. The Kier molecular flexibility index (Phi) is 3.73. The van der Waals surface area contributed by atoms with Crippen LogP contribution in [0.3, 0.4) is 0 Å². The topological polar surface area (TPSA) is 28.2 Å². The van der Waals surface area contributed by atoms with Crippen LogP contribution < -0.4 is 10.2 Å². The van der Waals surface area contributed by atoms with Gasteiger partial charge in [-0.25, -0.2) is 4.98 Å². The van der Waals surface area contributed by atoms with E-state index < -0.39 is 0 Å². The second kappa shape index (κ2) is 4.94. The molecule has 1 aromatic heterocycles. The Morgan fingerprint density at radius 3 is 2.94 bits per heavy atom. The van der Waals surface area contributed by atoms with E-state index in [-0.39, 0.29) is 0 Å². The van der Waals surface area contributed by atoms with Crippen LogP contribution in [0.25, 0.3) is 0 Å². The lowest BCUT2D eigenvalue weighted by Crippen LogP contribution is -2.40. The van der Waals surface area contributed by atoms with Crippen molar-refractivity contribution in [2.75, 3.05) is 25.0 Å². The summed E-state index contributed by atoms with van der Waals surface area (Å²) < 4.78 is 0. The van der Waals surface area contributed by atoms with Gasteiger partial charge in [-0.05, 0) is 32.2 Å². The Balaban J connectivity index is 2.09. The summed E-state index contributed by atoms with van der Waals surface area (Å²) in [6.07, 6.45) is 2.61. The smallest absolute Gasteiger partial charge is 0.185 e. The van der Waals surface area contributed by atoms with Crippen molar-refractivity contribution in [3.05, 3.63) is 11.1 Å². The van der Waals surface area contributed by atoms with Crippen molar-refractivity contribution in [3.63, 3.8) is 0 Å². The SMILES string of the molecule is CNC(C)c1csc(N2CCCC(C)(C)C2)n1. The summed E-state index contributed by atoms with van der Waals surface area (Å²) in [4.78, 5) is 7.20. The molecule has 17 heavy (non-hydrogen) atoms. The highest BCUT2D eigenvalue weighted by molar-refractivity contribution is 7.13. The van der Waals surface area contributed by atoms with Crippen molar-refractivity contribution in [2.24, 2.45) is 5.41 Å². The minimum atomic E-state index is 0.345. The normalized spacial score (nSPS) is 21.5. The van der Waals surface area contributed by atoms with E-state index in [0.29, 0.717) is 11.5 Å². The second-order valence-corrected chi connectivity index (χ2v) is 6.59. The van der Waals surface area contributed by atoms with Gasteiger partial charge in [-0.1, -0.05) is 13.8 Å². The number of anilines is 1. The third-order valence-corrected chi connectivity index (χ3v) is 4.48. The van der Waals surface area contributed by atoms with Crippen LogP contribution in [0.4, 0.5) is 5.13 Å². The zero-order valence-corrected chi connectivity index (χ0v) is 12.1. The molecule has 1 saturated heterocycles. The fourth-order valence-corrected chi connectivity index (χ4v) is 3.30. The van der Waals surface area contributed by atoms with Crippen molar-refractivity contribution in [1.29, 1.82) is 0 Å². The zero-order valence-electron chi connectivity index (χ0n) is 11.3. The fraction of sp³-hybridized carbons (Fsp3) is 0.769. The molecule has 0 aliphatic carbocycles. The molecule has 96 valence electrons. The molecule has 0 spiro atoms. The van der Waals surface area contributed by atoms with Gasteiger partial charge in [0.2, 0.25) is 0 Å². The quantitative estimate of drug-likeness (QED) is 0.897. The summed E-state index contributed by atoms with van der Waals surface area (Å²) in [7, 11) is 1.98. The molecule has 0 aromatic carbocycles. The Morgan fingerprint density at radius 2 is 2.29 bits per heavy atom. The van der Waals surface area contributed by atoms with Gasteiger partial charge in [-0.2, -0.15) is 0 Å². The molecule has 2 rings (SSSR count). The Morgan fingerprint density at radius 1 is 1.53 bits per heavy atom. The number of nitrogens with zero attached hydrogens (tertiary/aromatic N) is 2. The van der Waals surface area contributed by atoms with Crippen LogP contribution in [0.15, 0.2) is 5.38 Å². The van der Waals surface area contributed by atoms with Crippen LogP contribution in [0.5, 0.6) is 0 Å². The number of hydrogen-bond acceptors (Lipinski definition) is 4. The highest BCUT2D eigenvalue weighted by Crippen LogP contribution is 2.33. The van der Waals surface area contributed by atoms with E-state index in [1.54, 1.807) is 11.3 Å². The number of nitrogens with one attached hydrogen (secondary N) is 1. The summed E-state index contributed by atoms with van der Waals surface area (Å²) in [5, 5.41) is 6.61. The summed E-state index contributed by atoms with van der Waals surface area (Å²) >= 11 is 1.78. The molecule has 3 nitrogen and oxygen atoms in total. The molecule has 1 N–H and O–H groups in total. The van der Waals surface area contributed by atoms with Crippen LogP contribution in [-0.2, 0) is 0 Å². The van der Waals surface area contributed by atoms with E-state index in [2.05, 4.69) is 36.4 Å². The molecule has 1 aromatic rings. The lowest BCUT2D eigenvalue weighted by Gasteiger charge is -2.37. The maximum atomic E-state index is 4.75. The first-order valence-electron chi connectivity index (χ1n) is 6.39. The van der Waals surface area contributed by atoms with Gasteiger partial charge in [0, 0.05) is 24.5 Å². The molecule has 1 fully saturated rings. The first-order chi connectivity index (χ1) is 8.02. The van der Waals surface area contributed by atoms with Crippen molar-refractivity contribution < 1.29 is 0 Å². The van der Waals surface area contributed by atoms with Gasteiger partial charge in [-0.15, -0.1) is 11.3 Å². The standard InChI is InChI=1S/C13H23N3S/c1-10(14-4)11-8-17-12(15-11)16-7-5-6-13(2,3)9-16/h8,10,14H,5-7,9H2,1-4H3. The first kappa shape index (κ1) is 12.8. The van der Waals surface area contributed by atoms with Crippen molar-refractivity contribution >= 4 is 16.5 Å². The largest absolute Gasteiger partial charge is 0.348 e. The molecular weight excluding hydrogens is 230 g/mol. The van der Waals surface area contributed by atoms with E-state index in [1.165, 1.54) is 18.0 Å². The molecular formula is C13H23N3S. The molecule has 1 aliphatic rings. The number of piperidine rings is 1. The lowest BCUT2D eigenvalue weighted by atomic mass is 9.84. The van der Waals surface area contributed by atoms with E-state index >= 15 is 0 Å². The van der Waals surface area contributed by atoms with E-state index in [9.17, 15) is 0 Å². The first-order valence-corrected chi connectivity index (χ1v) is 7.27. The Labute approximate surface area is 108 Å². The lowest BCUT2D eigenvalue weighted by molar-refractivity contribution is 0.293. The van der Waals surface area contributed by atoms with Crippen molar-refractivity contribution in [1.82, 2.24) is 10.3 Å². The molecule has 1 unspecified atom stereocenters. The highest BCUT2D eigenvalue weighted by atomic mass is 32.1. The molecule has 0 bridgehead atoms. The molecule has 2 heterocycles. The van der Waals surface area contributed by atoms with E-state index in [0.717, 1.165) is 18.8 Å². The third-order valence-electron chi connectivity index (χ3n) is 3.56. The number of rotatable bonds is 3. The zero-order chi connectivity index (χ0) is 12.5. The van der Waals surface area contributed by atoms with E-state index in [1.807, 2.05) is 7.05 Å². The number of thiazole rings is 1. The molecule has 0 amide bonds. The van der Waals surface area contributed by atoms with Gasteiger partial charge in [-0.3, -0.25) is 0 Å². The van der Waals surface area contributed by atoms with E-state index in [4.69, 9.17) is 4.98 Å². The summed E-state index contributed by atoms with van der Waals surface area (Å²) in [6.45, 7) is 9.14. The van der Waals surface area contributed by atoms with Crippen molar-refractivity contribution in [2.45, 2.75) is 39.7 Å². The van der Waals surface area contributed by atoms with Gasteiger partial charge in [0.1, 0.15) is 0 Å². The van der Waals surface area contributed by atoms with Gasteiger partial charge in [0.05, 0.1) is 5.69 Å². The predicted octanol–water partition coefficient (Wildman–Crippen LogP) is 3.05. The van der Waals surface area contributed by atoms with Crippen LogP contribution in [-0.4, -0.2) is 25.1 Å². The van der Waals surface area contributed by atoms with Crippen LogP contribution in [0.2, 0.25) is 0 Å². The number of hydrogen-bond donors (Lipinski definition) is 1. The van der Waals surface area contributed by atoms with Gasteiger partial charge in [0.25, 0.3) is 0 Å². The maximum absolute atomic E-state index is 4.75. The molecule has 0 radical (unpaired) electrons. The highest BCUT2D eigenvalue weighted by Gasteiger charge is 2.27. The molecule has 4 heteroatoms. The van der Waals surface area contributed by atoms with Crippen LogP contribution >= 0.6 is 11.3 Å². The average molecular weight is 253 g/mol. The second-order valence-electron chi connectivity index (χ2n) is 5.75. The molecule has 1 aliphatic heterocycles. The summed E-state index contributed by atoms with van der Waals surface area (Å²) in [6, 6.07) is 0.345. The maximum Gasteiger partial charge on any atom is 0.185 e. The minimum absolute atomic E-state index is 0.345. The monoisotopic (exact) mass is 253 g/mol. The van der Waals surface area contributed by atoms with Gasteiger partial charge in [0.15, 0.2) is 5.13 Å². The molecule has 1 atom stereocenters. The summed E-state index contributed by atoms with van der Waals surface area (Å²) in [5.41, 5.74) is 1.59. The van der Waals surface area contributed by atoms with Crippen molar-refractivity contribution in [3.8, 4) is 0 Å². The Hall–Kier alpha value is -0.610. The third kappa shape index (κ3) is 2.99. The predicted molar refractivity (Wildman–Crippen MR) is 74.8 cm³/mol. The average Bonchev–Trinajstić information content (AvgIpc) is 2.76. The van der Waals surface area contributed by atoms with Crippen LogP contribution in [0.1, 0.15) is 45.3 Å². The number of aromatic nitrogens is 1. The van der Waals surface area contributed by atoms with Gasteiger partial charge >= 0.3 is 0 Å². The molecule has 0 saturated carbocycles. The summed E-state index contributed by atoms with van der Waals surface area (Å²) in [5.74, 6) is 0. The van der Waals surface area contributed by atoms with Gasteiger partial charge < -0.3 is 10.2 Å². The Bertz CT molecular complexity index is 372. The minimum Gasteiger partial charge on any atom is -0.348 e.